The van der Waals surface area contributed by atoms with Crippen molar-refractivity contribution in [2.45, 2.75) is 12.5 Å². The molecular formula is C19H19N3O5. The van der Waals surface area contributed by atoms with Crippen LogP contribution in [0.25, 0.3) is 0 Å². The van der Waals surface area contributed by atoms with Crippen LogP contribution in [0.1, 0.15) is 22.3 Å². The van der Waals surface area contributed by atoms with E-state index in [2.05, 4.69) is 34.3 Å². The Morgan fingerprint density at radius 2 is 1.89 bits per heavy atom. The number of rotatable bonds is 5. The molecule has 0 aliphatic heterocycles. The summed E-state index contributed by atoms with van der Waals surface area (Å²) in [5, 5.41) is 22.1. The van der Waals surface area contributed by atoms with E-state index in [4.69, 9.17) is 10.3 Å². The highest BCUT2D eigenvalue weighted by Gasteiger charge is 2.34. The molecule has 1 aliphatic carbocycles. The highest BCUT2D eigenvalue weighted by molar-refractivity contribution is 6.08. The largest absolute Gasteiger partial charge is 0.396 e. The highest BCUT2D eigenvalue weighted by atomic mass is 16.5. The van der Waals surface area contributed by atoms with Gasteiger partial charge in [-0.1, -0.05) is 11.8 Å². The van der Waals surface area contributed by atoms with Crippen molar-refractivity contribution in [3.63, 3.8) is 0 Å². The summed E-state index contributed by atoms with van der Waals surface area (Å²) in [5.41, 5.74) is 2.20. The number of likely N-dealkylation sites (N-methyl/N-ethyl adjacent to an activating group) is 1. The van der Waals surface area contributed by atoms with Gasteiger partial charge in [0.05, 0.1) is 0 Å². The summed E-state index contributed by atoms with van der Waals surface area (Å²) in [6.07, 6.45) is 0.903. The van der Waals surface area contributed by atoms with E-state index in [0.29, 0.717) is 5.56 Å². The van der Waals surface area contributed by atoms with Crippen LogP contribution >= 0.6 is 0 Å². The van der Waals surface area contributed by atoms with Gasteiger partial charge in [0.1, 0.15) is 0 Å². The fourth-order valence-electron chi connectivity index (χ4n) is 2.24. The average molecular weight is 369 g/mol. The van der Waals surface area contributed by atoms with Crippen LogP contribution in [0.3, 0.4) is 0 Å². The second-order valence-corrected chi connectivity index (χ2v) is 5.88. The van der Waals surface area contributed by atoms with Crippen molar-refractivity contribution in [2.75, 3.05) is 13.7 Å². The summed E-state index contributed by atoms with van der Waals surface area (Å²) in [5.74, 6) is 9.29. The van der Waals surface area contributed by atoms with Crippen LogP contribution in [0.2, 0.25) is 0 Å². The number of carbonyl (C=O) groups is 3. The minimum atomic E-state index is -1.56. The van der Waals surface area contributed by atoms with Crippen LogP contribution in [-0.2, 0) is 9.59 Å². The molecule has 0 spiro atoms. The summed E-state index contributed by atoms with van der Waals surface area (Å²) < 4.78 is 0. The Morgan fingerprint density at radius 3 is 2.44 bits per heavy atom. The molecule has 0 aromatic heterocycles. The van der Waals surface area contributed by atoms with E-state index in [1.165, 1.54) is 24.7 Å². The Kier molecular flexibility index (Phi) is 6.95. The number of carbonyl (C=O) groups excluding carboxylic acids is 3. The van der Waals surface area contributed by atoms with Crippen molar-refractivity contribution in [3.8, 4) is 23.7 Å². The monoisotopic (exact) mass is 369 g/mol. The zero-order chi connectivity index (χ0) is 19.8. The van der Waals surface area contributed by atoms with Gasteiger partial charge in [-0.25, -0.2) is 5.48 Å². The number of nitrogens with one attached hydrogen (secondary N) is 3. The maximum absolute atomic E-state index is 12.2. The summed E-state index contributed by atoms with van der Waals surface area (Å²) in [6.45, 7) is 0.150. The summed E-state index contributed by atoms with van der Waals surface area (Å²) in [4.78, 5) is 35.3. The third-order valence-corrected chi connectivity index (χ3v) is 3.99. The lowest BCUT2D eigenvalue weighted by Gasteiger charge is -2.15. The van der Waals surface area contributed by atoms with Crippen molar-refractivity contribution in [1.29, 1.82) is 0 Å². The van der Waals surface area contributed by atoms with Gasteiger partial charge < -0.3 is 15.7 Å². The minimum absolute atomic E-state index is 0.150. The number of benzene rings is 1. The number of aliphatic hydroxyl groups excluding tert-OH is 1. The molecule has 8 heteroatoms. The van der Waals surface area contributed by atoms with Crippen molar-refractivity contribution in [2.24, 2.45) is 11.8 Å². The van der Waals surface area contributed by atoms with Crippen molar-refractivity contribution >= 4 is 17.7 Å². The molecule has 1 aliphatic rings. The molecule has 0 bridgehead atoms. The molecule has 1 aromatic carbocycles. The van der Waals surface area contributed by atoms with Crippen molar-refractivity contribution < 1.29 is 24.7 Å². The van der Waals surface area contributed by atoms with Gasteiger partial charge in [0.25, 0.3) is 17.7 Å². The zero-order valence-corrected chi connectivity index (χ0v) is 14.6. The molecule has 140 valence electrons. The highest BCUT2D eigenvalue weighted by Crippen LogP contribution is 2.36. The second-order valence-electron chi connectivity index (χ2n) is 5.88. The first-order valence-corrected chi connectivity index (χ1v) is 8.19. The van der Waals surface area contributed by atoms with E-state index < -0.39 is 23.8 Å². The minimum Gasteiger partial charge on any atom is -0.396 e. The normalized spacial score (nSPS) is 17.9. The number of hydroxylamine groups is 1. The average Bonchev–Trinajstić information content (AvgIpc) is 3.47. The van der Waals surface area contributed by atoms with E-state index in [-0.39, 0.29) is 24.0 Å². The first kappa shape index (κ1) is 20.0. The summed E-state index contributed by atoms with van der Waals surface area (Å²) >= 11 is 0. The summed E-state index contributed by atoms with van der Waals surface area (Å²) in [6, 6.07) is 4.64. The standard InChI is InChI=1S/C19H19N3O5/c1-20-18(25)16(19(26)22-27)21-17(24)13-8-6-12(7-9-13)4-2-3-5-14-10-15(14)11-23/h6-9,14-16,23,27H,10-11H2,1H3,(H,20,25)(H,21,24)(H,22,26)/t14-,15+,16?/m1/s1. The number of hydrogen-bond donors (Lipinski definition) is 5. The molecule has 1 fully saturated rings. The van der Waals surface area contributed by atoms with Gasteiger partial charge in [-0.05, 0) is 48.4 Å². The van der Waals surface area contributed by atoms with Crippen LogP contribution < -0.4 is 16.1 Å². The number of amides is 3. The molecule has 2 rings (SSSR count). The van der Waals surface area contributed by atoms with Gasteiger partial charge in [0.2, 0.25) is 0 Å². The lowest BCUT2D eigenvalue weighted by atomic mass is 10.1. The third-order valence-electron chi connectivity index (χ3n) is 3.99. The molecular weight excluding hydrogens is 350 g/mol. The molecule has 5 N–H and O–H groups in total. The van der Waals surface area contributed by atoms with Crippen LogP contribution in [-0.4, -0.2) is 47.7 Å². The number of hydrogen-bond acceptors (Lipinski definition) is 5. The van der Waals surface area contributed by atoms with E-state index in [9.17, 15) is 14.4 Å². The first-order valence-electron chi connectivity index (χ1n) is 8.19. The topological polar surface area (TPSA) is 128 Å². The maximum Gasteiger partial charge on any atom is 0.275 e. The van der Waals surface area contributed by atoms with Gasteiger partial charge in [-0.3, -0.25) is 19.6 Å². The fraction of sp³-hybridized carbons (Fsp3) is 0.316. The molecule has 0 heterocycles. The Balaban J connectivity index is 1.98. The summed E-state index contributed by atoms with van der Waals surface area (Å²) in [7, 11) is 1.30. The zero-order valence-electron chi connectivity index (χ0n) is 14.6. The Labute approximate surface area is 156 Å². The van der Waals surface area contributed by atoms with Gasteiger partial charge in [-0.2, -0.15) is 0 Å². The molecule has 0 saturated heterocycles. The lowest BCUT2D eigenvalue weighted by molar-refractivity contribution is -0.137. The van der Waals surface area contributed by atoms with Gasteiger partial charge in [0, 0.05) is 30.7 Å². The SMILES string of the molecule is CNC(=O)C(NC(=O)c1ccc(C#CC#C[C@@H]2C[C@H]2CO)cc1)C(=O)NO. The first-order chi connectivity index (χ1) is 13.0. The van der Waals surface area contributed by atoms with E-state index >= 15 is 0 Å². The molecule has 1 saturated carbocycles. The Morgan fingerprint density at radius 1 is 1.19 bits per heavy atom. The van der Waals surface area contributed by atoms with Crippen LogP contribution in [0.5, 0.6) is 0 Å². The second kappa shape index (κ2) is 9.39. The van der Waals surface area contributed by atoms with Crippen LogP contribution in [0.4, 0.5) is 0 Å². The van der Waals surface area contributed by atoms with Gasteiger partial charge in [-0.15, -0.1) is 0 Å². The molecule has 3 amide bonds. The predicted octanol–water partition coefficient (Wildman–Crippen LogP) is -0.980. The lowest BCUT2D eigenvalue weighted by Crippen LogP contribution is -2.54. The molecule has 1 aromatic rings. The molecule has 27 heavy (non-hydrogen) atoms. The number of aliphatic hydroxyl groups is 1. The van der Waals surface area contributed by atoms with Gasteiger partial charge >= 0.3 is 0 Å². The quantitative estimate of drug-likeness (QED) is 0.197. The van der Waals surface area contributed by atoms with E-state index in [0.717, 1.165) is 6.42 Å². The Hall–Kier alpha value is -3.33. The fourth-order valence-corrected chi connectivity index (χ4v) is 2.24. The van der Waals surface area contributed by atoms with Crippen molar-refractivity contribution in [1.82, 2.24) is 16.1 Å². The smallest absolute Gasteiger partial charge is 0.275 e. The third kappa shape index (κ3) is 5.58. The van der Waals surface area contributed by atoms with E-state index in [1.54, 1.807) is 12.1 Å². The molecule has 8 nitrogen and oxygen atoms in total. The van der Waals surface area contributed by atoms with Gasteiger partial charge in [0.15, 0.2) is 6.04 Å². The predicted molar refractivity (Wildman–Crippen MR) is 95.0 cm³/mol. The molecule has 0 radical (unpaired) electrons. The Bertz CT molecular complexity index is 826. The maximum atomic E-state index is 12.2. The van der Waals surface area contributed by atoms with Crippen LogP contribution in [0.15, 0.2) is 24.3 Å². The van der Waals surface area contributed by atoms with Crippen LogP contribution in [0, 0.1) is 35.5 Å². The molecule has 3 atom stereocenters. The van der Waals surface area contributed by atoms with Crippen molar-refractivity contribution in [3.05, 3.63) is 35.4 Å². The molecule has 1 unspecified atom stereocenters. The van der Waals surface area contributed by atoms with E-state index in [1.807, 2.05) is 0 Å².